The van der Waals surface area contributed by atoms with E-state index in [-0.39, 0.29) is 25.5 Å². The zero-order valence-corrected chi connectivity index (χ0v) is 23.7. The van der Waals surface area contributed by atoms with Gasteiger partial charge in [0.25, 0.3) is 5.91 Å². The Bertz CT molecular complexity index is 1400. The zero-order valence-electron chi connectivity index (χ0n) is 23.7. The van der Waals surface area contributed by atoms with Gasteiger partial charge in [-0.15, -0.1) is 0 Å². The maximum absolute atomic E-state index is 14.0. The molecule has 0 spiro atoms. The summed E-state index contributed by atoms with van der Waals surface area (Å²) in [6.45, 7) is 2.85. The molecule has 0 aliphatic carbocycles. The molecule has 0 saturated heterocycles. The van der Waals surface area contributed by atoms with Gasteiger partial charge in [0, 0.05) is 56.3 Å². The Hall–Kier alpha value is -4.53. The van der Waals surface area contributed by atoms with E-state index in [1.54, 1.807) is 0 Å². The molecular weight excluding hydrogens is 520 g/mol. The van der Waals surface area contributed by atoms with E-state index in [1.165, 1.54) is 0 Å². The van der Waals surface area contributed by atoms with Gasteiger partial charge in [0.05, 0.1) is 13.2 Å². The highest BCUT2D eigenvalue weighted by molar-refractivity contribution is 6.01. The van der Waals surface area contributed by atoms with Crippen molar-refractivity contribution in [3.63, 3.8) is 0 Å². The molecule has 214 valence electrons. The first-order valence-electron chi connectivity index (χ1n) is 13.6. The van der Waals surface area contributed by atoms with Crippen LogP contribution in [-0.2, 0) is 29.0 Å². The van der Waals surface area contributed by atoms with Gasteiger partial charge in [-0.25, -0.2) is 4.99 Å². The number of aliphatic hydroxyl groups is 1. The summed E-state index contributed by atoms with van der Waals surface area (Å²) in [6, 6.07) is 22.9. The lowest BCUT2D eigenvalue weighted by molar-refractivity contribution is -0.128. The number of nitrogens with zero attached hydrogens (tertiary/aromatic N) is 5. The average Bonchev–Trinajstić information content (AvgIpc) is 3.32. The summed E-state index contributed by atoms with van der Waals surface area (Å²) in [5.41, 5.74) is 12.1. The minimum atomic E-state index is -1.25. The van der Waals surface area contributed by atoms with Gasteiger partial charge in [-0.3, -0.25) is 4.79 Å². The van der Waals surface area contributed by atoms with Gasteiger partial charge in [-0.05, 0) is 65.5 Å². The molecule has 2 N–H and O–H groups in total. The molecule has 4 rings (SSSR count). The number of hydrogen-bond acceptors (Lipinski definition) is 7. The van der Waals surface area contributed by atoms with Crippen molar-refractivity contribution >= 4 is 17.5 Å². The topological polar surface area (TPSA) is 132 Å². The monoisotopic (exact) mass is 556 g/mol. The first kappa shape index (κ1) is 29.5. The Kier molecular flexibility index (Phi) is 9.84. The predicted octanol–water partition coefficient (Wildman–Crippen LogP) is 4.79. The molecule has 0 radical (unpaired) electrons. The van der Waals surface area contributed by atoms with Crippen molar-refractivity contribution in [3.8, 4) is 5.75 Å². The fourth-order valence-electron chi connectivity index (χ4n) is 4.67. The smallest absolute Gasteiger partial charge is 0.252 e. The molecular formula is C31H36N6O4. The number of carbonyl (C=O) groups is 1. The van der Waals surface area contributed by atoms with Gasteiger partial charge in [-0.1, -0.05) is 41.5 Å². The third-order valence-electron chi connectivity index (χ3n) is 7.12. The quantitative estimate of drug-likeness (QED) is 0.135. The highest BCUT2D eigenvalue weighted by atomic mass is 16.5. The molecule has 0 unspecified atom stereocenters. The van der Waals surface area contributed by atoms with Crippen LogP contribution in [0.2, 0.25) is 0 Å². The van der Waals surface area contributed by atoms with Crippen molar-refractivity contribution < 1.29 is 19.4 Å². The largest absolute Gasteiger partial charge is 0.494 e. The number of ether oxygens (including phenoxy) is 2. The van der Waals surface area contributed by atoms with E-state index < -0.39 is 11.6 Å². The van der Waals surface area contributed by atoms with E-state index in [2.05, 4.69) is 15.3 Å². The van der Waals surface area contributed by atoms with E-state index in [0.717, 1.165) is 27.9 Å². The number of benzene rings is 3. The number of aliphatic hydroxyl groups excluding tert-OH is 1. The number of rotatable bonds is 13. The van der Waals surface area contributed by atoms with Gasteiger partial charge in [-0.2, -0.15) is 0 Å². The van der Waals surface area contributed by atoms with Gasteiger partial charge in [0.2, 0.25) is 5.90 Å². The van der Waals surface area contributed by atoms with Gasteiger partial charge in [0.15, 0.2) is 5.54 Å². The standard InChI is InChI=1S/C31H36N6O4/c1-22-31(19-25-7-4-5-8-26(25)21-34-36-32,30(39)33-20-23-9-13-27(14-10-23)37(2)3)35-29(41-22)24-11-15-28(16-12-24)40-18-6-17-38/h4-5,7-16,22,38H,6,17-21H2,1-3H3,(H,33,39)/t22-,31-/m1/s1. The minimum Gasteiger partial charge on any atom is -0.494 e. The van der Waals surface area contributed by atoms with Crippen LogP contribution in [0.3, 0.4) is 0 Å². The molecule has 0 saturated carbocycles. The second kappa shape index (κ2) is 13.7. The molecule has 1 aliphatic heterocycles. The van der Waals surface area contributed by atoms with Crippen LogP contribution in [0, 0.1) is 0 Å². The van der Waals surface area contributed by atoms with Crippen molar-refractivity contribution in [2.24, 2.45) is 10.1 Å². The van der Waals surface area contributed by atoms with Crippen LogP contribution in [0.5, 0.6) is 5.75 Å². The third-order valence-corrected chi connectivity index (χ3v) is 7.12. The predicted molar refractivity (Wildman–Crippen MR) is 159 cm³/mol. The Labute approximate surface area is 240 Å². The second-order valence-electron chi connectivity index (χ2n) is 10.1. The van der Waals surface area contributed by atoms with E-state index >= 15 is 0 Å². The Morgan fingerprint density at radius 3 is 2.49 bits per heavy atom. The van der Waals surface area contributed by atoms with Crippen LogP contribution in [0.1, 0.15) is 35.6 Å². The van der Waals surface area contributed by atoms with Crippen molar-refractivity contribution in [1.29, 1.82) is 0 Å². The first-order valence-corrected chi connectivity index (χ1v) is 13.6. The van der Waals surface area contributed by atoms with Crippen LogP contribution in [-0.4, -0.2) is 55.9 Å². The summed E-state index contributed by atoms with van der Waals surface area (Å²) >= 11 is 0. The highest BCUT2D eigenvalue weighted by Crippen LogP contribution is 2.34. The Morgan fingerprint density at radius 1 is 1.12 bits per heavy atom. The number of anilines is 1. The number of nitrogens with one attached hydrogen (secondary N) is 1. The summed E-state index contributed by atoms with van der Waals surface area (Å²) in [6.07, 6.45) is 0.248. The fourth-order valence-corrected chi connectivity index (χ4v) is 4.67. The van der Waals surface area contributed by atoms with Crippen molar-refractivity contribution in [3.05, 3.63) is 105 Å². The van der Waals surface area contributed by atoms with Gasteiger partial charge in [0.1, 0.15) is 11.9 Å². The summed E-state index contributed by atoms with van der Waals surface area (Å²) in [4.78, 5) is 23.9. The molecule has 0 fully saturated rings. The number of aliphatic imine (C=N–C) groups is 1. The van der Waals surface area contributed by atoms with Crippen LogP contribution in [0.15, 0.2) is 82.9 Å². The summed E-state index contributed by atoms with van der Waals surface area (Å²) in [5, 5.41) is 15.8. The number of azide groups is 1. The van der Waals surface area contributed by atoms with Crippen LogP contribution in [0.4, 0.5) is 5.69 Å². The lowest BCUT2D eigenvalue weighted by Crippen LogP contribution is -2.52. The molecule has 41 heavy (non-hydrogen) atoms. The summed E-state index contributed by atoms with van der Waals surface area (Å²) in [7, 11) is 3.96. The molecule has 10 heteroatoms. The Balaban J connectivity index is 1.63. The van der Waals surface area contributed by atoms with E-state index in [4.69, 9.17) is 25.1 Å². The summed E-state index contributed by atoms with van der Waals surface area (Å²) < 4.78 is 11.9. The number of amides is 1. The third kappa shape index (κ3) is 7.16. The van der Waals surface area contributed by atoms with Crippen LogP contribution >= 0.6 is 0 Å². The number of carbonyl (C=O) groups excluding carboxylic acids is 1. The molecule has 10 nitrogen and oxygen atoms in total. The zero-order chi connectivity index (χ0) is 29.2. The highest BCUT2D eigenvalue weighted by Gasteiger charge is 2.50. The maximum Gasteiger partial charge on any atom is 0.252 e. The molecule has 3 aromatic carbocycles. The van der Waals surface area contributed by atoms with Crippen molar-refractivity contribution in [1.82, 2.24) is 5.32 Å². The second-order valence-corrected chi connectivity index (χ2v) is 10.1. The first-order chi connectivity index (χ1) is 19.9. The van der Waals surface area contributed by atoms with Crippen molar-refractivity contribution in [2.45, 2.75) is 44.5 Å². The molecule has 0 aromatic heterocycles. The average molecular weight is 557 g/mol. The fraction of sp³-hybridized carbons (Fsp3) is 0.355. The Morgan fingerprint density at radius 2 is 1.83 bits per heavy atom. The lowest BCUT2D eigenvalue weighted by Gasteiger charge is -2.29. The summed E-state index contributed by atoms with van der Waals surface area (Å²) in [5.74, 6) is 0.793. The van der Waals surface area contributed by atoms with Crippen molar-refractivity contribution in [2.75, 3.05) is 32.2 Å². The normalized spacial score (nSPS) is 17.7. The van der Waals surface area contributed by atoms with Gasteiger partial charge >= 0.3 is 0 Å². The molecule has 3 aromatic rings. The van der Waals surface area contributed by atoms with E-state index in [9.17, 15) is 4.79 Å². The SMILES string of the molecule is C[C@H]1OC(c2ccc(OCCCO)cc2)=N[C@@]1(Cc1ccccc1CN=[N+]=[N-])C(=O)NCc1ccc(N(C)C)cc1. The molecule has 0 bridgehead atoms. The minimum absolute atomic E-state index is 0.0676. The maximum atomic E-state index is 14.0. The number of hydrogen-bond donors (Lipinski definition) is 2. The molecule has 1 aliphatic rings. The molecule has 1 amide bonds. The van der Waals surface area contributed by atoms with E-state index in [0.29, 0.717) is 31.2 Å². The molecule has 2 atom stereocenters. The van der Waals surface area contributed by atoms with Crippen LogP contribution in [0.25, 0.3) is 10.4 Å². The lowest BCUT2D eigenvalue weighted by atomic mass is 9.84. The van der Waals surface area contributed by atoms with E-state index in [1.807, 2.05) is 98.7 Å². The molecule has 1 heterocycles. The van der Waals surface area contributed by atoms with Crippen LogP contribution < -0.4 is 15.0 Å². The van der Waals surface area contributed by atoms with Gasteiger partial charge < -0.3 is 24.8 Å².